The van der Waals surface area contributed by atoms with Gasteiger partial charge < -0.3 is 77.2 Å². The van der Waals surface area contributed by atoms with Crippen LogP contribution in [0, 0.1) is 64.1 Å². The van der Waals surface area contributed by atoms with Crippen molar-refractivity contribution in [2.75, 3.05) is 121 Å². The molecule has 4 aliphatic carbocycles. The number of rotatable bonds is 42. The van der Waals surface area contributed by atoms with Gasteiger partial charge in [-0.25, -0.2) is 33.7 Å². The van der Waals surface area contributed by atoms with E-state index in [1.165, 1.54) is 60.8 Å². The van der Waals surface area contributed by atoms with Crippen LogP contribution >= 0.6 is 0 Å². The summed E-state index contributed by atoms with van der Waals surface area (Å²) < 4.78 is 194. The lowest BCUT2D eigenvalue weighted by atomic mass is 9.84. The van der Waals surface area contributed by atoms with Crippen molar-refractivity contribution in [1.29, 1.82) is 0 Å². The molecule has 15 rings (SSSR count). The highest BCUT2D eigenvalue weighted by atomic mass is 19.4. The van der Waals surface area contributed by atoms with Gasteiger partial charge in [-0.15, -0.1) is 39.5 Å². The number of ketones is 1. The summed E-state index contributed by atoms with van der Waals surface area (Å²) in [6, 6.07) is 24.8. The van der Waals surface area contributed by atoms with Gasteiger partial charge in [-0.2, -0.15) is 33.1 Å². The number of halogens is 14. The molecule has 0 atom stereocenters. The Morgan fingerprint density at radius 3 is 1.06 bits per heavy atom. The number of nitro groups is 4. The summed E-state index contributed by atoms with van der Waals surface area (Å²) in [5, 5.41) is 85.2. The number of Topliss-reactive ketones (excluding diaryl/α,β-unsaturated/α-hetero) is 1. The second kappa shape index (κ2) is 52.5. The predicted molar refractivity (Wildman–Crippen MR) is 501 cm³/mol. The van der Waals surface area contributed by atoms with Gasteiger partial charge in [0.15, 0.2) is 12.4 Å². The van der Waals surface area contributed by atoms with Gasteiger partial charge >= 0.3 is 48.0 Å². The summed E-state index contributed by atoms with van der Waals surface area (Å²) in [7, 11) is 0. The van der Waals surface area contributed by atoms with Crippen molar-refractivity contribution in [2.24, 2.45) is 23.7 Å². The van der Waals surface area contributed by atoms with E-state index in [1.54, 1.807) is 54.9 Å². The third kappa shape index (κ3) is 35.8. The van der Waals surface area contributed by atoms with Gasteiger partial charge in [-0.05, 0) is 163 Å². The van der Waals surface area contributed by atoms with Crippen molar-refractivity contribution in [3.05, 3.63) is 209 Å². The van der Waals surface area contributed by atoms with Crippen molar-refractivity contribution < 1.29 is 110 Å². The number of benzene rings is 3. The molecule has 54 heteroatoms. The highest BCUT2D eigenvalue weighted by molar-refractivity contribution is 5.97. The van der Waals surface area contributed by atoms with Gasteiger partial charge in [0.1, 0.15) is 54.9 Å². The van der Waals surface area contributed by atoms with Gasteiger partial charge in [-0.3, -0.25) is 60.0 Å². The van der Waals surface area contributed by atoms with Crippen LogP contribution in [0.3, 0.4) is 0 Å². The van der Waals surface area contributed by atoms with Crippen molar-refractivity contribution in [2.45, 2.75) is 191 Å². The molecule has 0 unspecified atom stereocenters. The van der Waals surface area contributed by atoms with E-state index in [2.05, 4.69) is 127 Å². The number of nitrogens with zero attached hydrogens (tertiary/aromatic N) is 16. The van der Waals surface area contributed by atoms with Gasteiger partial charge in [0.2, 0.25) is 52.9 Å². The molecule has 11 N–H and O–H groups in total. The number of aliphatic hydroxyl groups is 1. The average molecular weight is 2060 g/mol. The first-order valence-electron chi connectivity index (χ1n) is 46.7. The second-order valence-electron chi connectivity index (χ2n) is 35.1. The Morgan fingerprint density at radius 1 is 0.407 bits per heavy atom. The van der Waals surface area contributed by atoms with Crippen molar-refractivity contribution in [1.82, 2.24) is 70.3 Å². The number of pyridine rings is 2. The SMILES string of the molecule is O=C(CNC1CCC(CNc2nc(NCc3ccccc3OC(F)(F)F)ncc2[N+](=O)[O-])CC1)c1cccnc1.O=[N+]([O-])c1cnc(NCc2ccccc2OC(F)(F)F)nc1NCC1CCC(N2CC(F)C2)CC1.O=[N+]([O-])c1cnc(NCc2ccccc2OC(F)(F)F)nc1NCC1CCC(NCCF)CC1.O=[N+]([O-])c1cnc(NCc2cccnc2OCC(F)(F)F)nc1NCC1CCC(N2CC(O)C2)CC1. The molecule has 784 valence electrons. The number of aromatic nitrogens is 10. The first kappa shape index (κ1) is 110. The van der Waals surface area contributed by atoms with E-state index >= 15 is 0 Å². The Labute approximate surface area is 820 Å². The van der Waals surface area contributed by atoms with Crippen LogP contribution in [0.2, 0.25) is 0 Å². The Morgan fingerprint density at radius 2 is 0.738 bits per heavy atom. The van der Waals surface area contributed by atoms with Crippen molar-refractivity contribution >= 4 is 75.6 Å². The molecule has 145 heavy (non-hydrogen) atoms. The molecule has 6 fully saturated rings. The highest BCUT2D eigenvalue weighted by Crippen LogP contribution is 2.39. The number of likely N-dealkylation sites (tertiary alicyclic amines) is 2. The molecule has 9 aromatic rings. The number of anilines is 8. The summed E-state index contributed by atoms with van der Waals surface area (Å²) in [5.41, 5.74) is 0.397. The zero-order valence-electron chi connectivity index (χ0n) is 77.9. The van der Waals surface area contributed by atoms with Crippen LogP contribution in [0.25, 0.3) is 0 Å². The molecule has 6 aromatic heterocycles. The van der Waals surface area contributed by atoms with E-state index in [-0.39, 0.29) is 178 Å². The summed E-state index contributed by atoms with van der Waals surface area (Å²) in [6.07, 6.45) is 3.47. The van der Waals surface area contributed by atoms with Crippen LogP contribution in [-0.4, -0.2) is 231 Å². The monoisotopic (exact) mass is 2050 g/mol. The molecule has 2 saturated heterocycles. The zero-order valence-corrected chi connectivity index (χ0v) is 77.9. The summed E-state index contributed by atoms with van der Waals surface area (Å²) in [5.74, 6) is 0.175. The number of para-hydroxylation sites is 3. The smallest absolute Gasteiger partial charge is 0.468 e. The van der Waals surface area contributed by atoms with Crippen LogP contribution in [-0.2, 0) is 26.2 Å². The topological polar surface area (TPSA) is 502 Å². The number of nitrogens with one attached hydrogen (secondary N) is 10. The lowest BCUT2D eigenvalue weighted by molar-refractivity contribution is -0.384. The van der Waals surface area contributed by atoms with Crippen LogP contribution in [0.1, 0.15) is 135 Å². The van der Waals surface area contributed by atoms with E-state index in [4.69, 9.17) is 4.74 Å². The first-order chi connectivity index (χ1) is 69.3. The number of aliphatic hydroxyl groups excluding tert-OH is 1. The fourth-order valence-corrected chi connectivity index (χ4v) is 17.3. The van der Waals surface area contributed by atoms with E-state index in [9.17, 15) is 112 Å². The van der Waals surface area contributed by atoms with Gasteiger partial charge in [0.25, 0.3) is 0 Å². The molecular weight excluding hydrogens is 1950 g/mol. The van der Waals surface area contributed by atoms with Crippen molar-refractivity contribution in [3.63, 3.8) is 0 Å². The third-order valence-corrected chi connectivity index (χ3v) is 24.8. The number of carbonyl (C=O) groups excluding carboxylic acids is 1. The summed E-state index contributed by atoms with van der Waals surface area (Å²) in [4.78, 5) is 100. The Hall–Kier alpha value is -14.0. The number of carbonyl (C=O) groups is 1. The lowest BCUT2D eigenvalue weighted by Gasteiger charge is -2.44. The molecule has 0 bridgehead atoms. The fourth-order valence-electron chi connectivity index (χ4n) is 17.3. The summed E-state index contributed by atoms with van der Waals surface area (Å²) in [6.45, 7) is 2.82. The lowest BCUT2D eigenvalue weighted by Crippen LogP contribution is -2.56. The minimum absolute atomic E-state index is 0.00743. The molecule has 2 aliphatic heterocycles. The van der Waals surface area contributed by atoms with Crippen LogP contribution in [0.15, 0.2) is 140 Å². The van der Waals surface area contributed by atoms with Crippen LogP contribution in [0.4, 0.5) is 131 Å². The Balaban J connectivity index is 0.000000172. The number of ether oxygens (including phenoxy) is 4. The maximum absolute atomic E-state index is 13.1. The van der Waals surface area contributed by atoms with Crippen LogP contribution < -0.4 is 72.1 Å². The van der Waals surface area contributed by atoms with E-state index in [1.807, 2.05) is 0 Å². The van der Waals surface area contributed by atoms with E-state index in [0.29, 0.717) is 80.9 Å². The average Bonchev–Trinajstić information content (AvgIpc) is 0.832. The standard InChI is InChI=1S/C26H28F3N7O4.C22H26F4N6O3.C22H28F3N7O4.C21H26F4N6O3/c27-26(28,29)40-23-6-2-1-4-19(23)14-33-25-34-15-21(36(38)39)24(35-25)32-12-17-7-9-20(10-8-17)31-16-22(37)18-5-3-11-30-13-18;23-16-12-31(13-16)17-7-5-14(6-8-17)9-27-20-18(32(33)34)11-29-21(30-20)28-10-15-3-1-2-4-19(15)35-22(24,25)26;23-22(24,25)13-36-20-15(2-1-7-26-20)9-28-21-29-10-18(32(34)35)19(30-21)27-8-14-3-5-16(6-4-14)31-11-17(33)12-31;22-9-10-26-16-7-5-14(6-8-16)11-27-19-17(31(32)33)13-29-20(30-19)28-12-15-3-1-2-4-18(15)34-21(23,24)25/h1-6,11,13,15,17,20,31H,7-10,12,14,16H2,(H2,32,33,34,35);1-4,11,14,16-17H,5-10,12-13H2,(H2,27,28,29,30);1-2,7,10,14,16-17,33H,3-6,8-9,11-13H2,(H2,27,28,29,30);1-4,13-14,16,26H,5-12H2,(H2,27,28,29,30). The zero-order chi connectivity index (χ0) is 104. The van der Waals surface area contributed by atoms with Gasteiger partial charge in [0.05, 0.1) is 32.3 Å². The molecule has 0 spiro atoms. The molecule has 40 nitrogen and oxygen atoms in total. The maximum atomic E-state index is 13.1. The highest BCUT2D eigenvalue weighted by Gasteiger charge is 2.40. The summed E-state index contributed by atoms with van der Waals surface area (Å²) >= 11 is 0. The molecular formula is C91H108F14N26O14. The number of hydrogen-bond acceptors (Lipinski definition) is 36. The number of hydrogen-bond donors (Lipinski definition) is 11. The van der Waals surface area contributed by atoms with Gasteiger partial charge in [-0.1, -0.05) is 60.7 Å². The van der Waals surface area contributed by atoms with Crippen molar-refractivity contribution in [3.8, 4) is 23.1 Å². The molecule has 6 aliphatic rings. The molecule has 0 amide bonds. The third-order valence-electron chi connectivity index (χ3n) is 24.8. The molecule has 3 aromatic carbocycles. The number of β-amino-alcohol motifs (C(OH)–C–C–N with tert-alkyl or cyclic N) is 1. The predicted octanol–water partition coefficient (Wildman–Crippen LogP) is 16.7. The Bertz CT molecular complexity index is 5690. The number of alkyl halides is 14. The minimum atomic E-state index is -4.84. The van der Waals surface area contributed by atoms with E-state index < -0.39 is 64.4 Å². The quantitative estimate of drug-likeness (QED) is 0.00732. The Kier molecular flexibility index (Phi) is 39.7. The normalized spacial score (nSPS) is 19.4. The molecule has 8 heterocycles. The second-order valence-corrected chi connectivity index (χ2v) is 35.1. The van der Waals surface area contributed by atoms with Gasteiger partial charge in [0, 0.05) is 156 Å². The first-order valence-corrected chi connectivity index (χ1v) is 46.7. The largest absolute Gasteiger partial charge is 0.573 e. The van der Waals surface area contributed by atoms with E-state index in [0.717, 1.165) is 141 Å². The minimum Gasteiger partial charge on any atom is -0.468 e. The molecule has 4 saturated carbocycles. The maximum Gasteiger partial charge on any atom is 0.573 e. The fraction of sp³-hybridized carbons (Fsp3) is 0.505. The van der Waals surface area contributed by atoms with Crippen LogP contribution in [0.5, 0.6) is 23.1 Å². The molecule has 0 radical (unpaired) electrons.